The van der Waals surface area contributed by atoms with Crippen LogP contribution in [0.5, 0.6) is 0 Å². The second-order valence-electron chi connectivity index (χ2n) is 4.64. The largest absolute Gasteiger partial charge is 0.349 e. The average molecular weight is 262 g/mol. The monoisotopic (exact) mass is 262 g/mol. The maximum Gasteiger partial charge on any atom is 0.203 e. The molecule has 0 spiro atoms. The zero-order valence-electron chi connectivity index (χ0n) is 11.9. The highest BCUT2D eigenvalue weighted by atomic mass is 15.3. The van der Waals surface area contributed by atoms with Crippen LogP contribution in [0.2, 0.25) is 0 Å². The molecule has 6 nitrogen and oxygen atoms in total. The zero-order valence-corrected chi connectivity index (χ0v) is 11.9. The van der Waals surface area contributed by atoms with Crippen LogP contribution < -0.4 is 10.6 Å². The van der Waals surface area contributed by atoms with Gasteiger partial charge in [-0.2, -0.15) is 0 Å². The first-order chi connectivity index (χ1) is 9.22. The van der Waals surface area contributed by atoms with Crippen molar-refractivity contribution in [3.05, 3.63) is 18.2 Å². The lowest BCUT2D eigenvalue weighted by Crippen LogP contribution is -2.39. The molecular formula is C13H22N6. The minimum absolute atomic E-state index is 0.430. The van der Waals surface area contributed by atoms with Crippen LogP contribution in [0.25, 0.3) is 5.65 Å². The number of hydrogen-bond donors (Lipinski definition) is 1. The minimum Gasteiger partial charge on any atom is -0.349 e. The summed E-state index contributed by atoms with van der Waals surface area (Å²) in [5.41, 5.74) is 6.56. The van der Waals surface area contributed by atoms with Crippen molar-refractivity contribution in [2.24, 2.45) is 5.73 Å². The molecule has 0 saturated heterocycles. The molecule has 0 radical (unpaired) electrons. The Morgan fingerprint density at radius 3 is 2.68 bits per heavy atom. The van der Waals surface area contributed by atoms with Gasteiger partial charge in [-0.1, -0.05) is 13.8 Å². The fourth-order valence-electron chi connectivity index (χ4n) is 2.46. The molecule has 0 bridgehead atoms. The Morgan fingerprint density at radius 1 is 1.32 bits per heavy atom. The number of rotatable bonds is 6. The minimum atomic E-state index is 0.430. The van der Waals surface area contributed by atoms with E-state index in [-0.39, 0.29) is 0 Å². The number of nitrogens with two attached hydrogens (primary N) is 1. The molecule has 104 valence electrons. The first kappa shape index (κ1) is 13.7. The van der Waals surface area contributed by atoms with E-state index in [1.54, 1.807) is 6.20 Å². The third-order valence-electron chi connectivity index (χ3n) is 3.50. The van der Waals surface area contributed by atoms with E-state index in [9.17, 15) is 0 Å². The van der Waals surface area contributed by atoms with E-state index < -0.39 is 0 Å². The molecule has 0 atom stereocenters. The van der Waals surface area contributed by atoms with E-state index in [2.05, 4.69) is 33.9 Å². The van der Waals surface area contributed by atoms with Crippen LogP contribution in [0.4, 0.5) is 5.82 Å². The van der Waals surface area contributed by atoms with Crippen LogP contribution in [0, 0.1) is 6.92 Å². The molecule has 0 saturated carbocycles. The first-order valence-corrected chi connectivity index (χ1v) is 6.85. The Bertz CT molecular complexity index is 531. The summed E-state index contributed by atoms with van der Waals surface area (Å²) in [7, 11) is 0. The molecule has 0 aliphatic rings. The third kappa shape index (κ3) is 2.53. The highest BCUT2D eigenvalue weighted by Gasteiger charge is 2.20. The molecule has 19 heavy (non-hydrogen) atoms. The molecule has 0 aliphatic carbocycles. The summed E-state index contributed by atoms with van der Waals surface area (Å²) in [6.07, 6.45) is 5.81. The van der Waals surface area contributed by atoms with Crippen molar-refractivity contribution in [1.29, 1.82) is 0 Å². The quantitative estimate of drug-likeness (QED) is 0.851. The van der Waals surface area contributed by atoms with E-state index in [0.29, 0.717) is 12.6 Å². The van der Waals surface area contributed by atoms with Crippen molar-refractivity contribution in [3.8, 4) is 0 Å². The van der Waals surface area contributed by atoms with Gasteiger partial charge in [0.05, 0.1) is 0 Å². The normalized spacial score (nSPS) is 11.4. The maximum atomic E-state index is 5.75. The van der Waals surface area contributed by atoms with Gasteiger partial charge in [0.15, 0.2) is 5.82 Å². The van der Waals surface area contributed by atoms with Gasteiger partial charge in [0.2, 0.25) is 5.65 Å². The lowest BCUT2D eigenvalue weighted by molar-refractivity contribution is 0.554. The van der Waals surface area contributed by atoms with Gasteiger partial charge in [0.25, 0.3) is 0 Å². The Balaban J connectivity index is 2.49. The van der Waals surface area contributed by atoms with Gasteiger partial charge in [0, 0.05) is 31.5 Å². The molecule has 2 aromatic heterocycles. The molecule has 0 aromatic carbocycles. The second-order valence-corrected chi connectivity index (χ2v) is 4.64. The van der Waals surface area contributed by atoms with Crippen LogP contribution in [0.15, 0.2) is 12.4 Å². The van der Waals surface area contributed by atoms with Crippen LogP contribution in [-0.4, -0.2) is 38.7 Å². The lowest BCUT2D eigenvalue weighted by atomic mass is 10.1. The first-order valence-electron chi connectivity index (χ1n) is 6.85. The molecule has 2 aromatic rings. The van der Waals surface area contributed by atoms with Crippen LogP contribution in [0.3, 0.4) is 0 Å². The molecule has 2 N–H and O–H groups in total. The van der Waals surface area contributed by atoms with Gasteiger partial charge in [-0.15, -0.1) is 10.2 Å². The fraction of sp³-hybridized carbons (Fsp3) is 0.615. The summed E-state index contributed by atoms with van der Waals surface area (Å²) >= 11 is 0. The number of aromatic nitrogens is 4. The van der Waals surface area contributed by atoms with Gasteiger partial charge in [0.1, 0.15) is 5.82 Å². The predicted octanol–water partition coefficient (Wildman–Crippen LogP) is 1.39. The zero-order chi connectivity index (χ0) is 13.8. The Hall–Kier alpha value is -1.69. The van der Waals surface area contributed by atoms with E-state index in [1.807, 2.05) is 17.5 Å². The maximum absolute atomic E-state index is 5.75. The van der Waals surface area contributed by atoms with Gasteiger partial charge in [-0.25, -0.2) is 4.98 Å². The molecule has 2 heterocycles. The highest BCUT2D eigenvalue weighted by molar-refractivity contribution is 5.64. The summed E-state index contributed by atoms with van der Waals surface area (Å²) in [6.45, 7) is 7.70. The van der Waals surface area contributed by atoms with Crippen LogP contribution in [0.1, 0.15) is 32.5 Å². The van der Waals surface area contributed by atoms with Crippen molar-refractivity contribution in [3.63, 3.8) is 0 Å². The van der Waals surface area contributed by atoms with E-state index in [0.717, 1.165) is 36.7 Å². The summed E-state index contributed by atoms with van der Waals surface area (Å²) in [5.74, 6) is 1.75. The van der Waals surface area contributed by atoms with Crippen molar-refractivity contribution in [2.75, 3.05) is 18.0 Å². The summed E-state index contributed by atoms with van der Waals surface area (Å²) in [5, 5.41) is 8.37. The predicted molar refractivity (Wildman–Crippen MR) is 76.3 cm³/mol. The fourth-order valence-corrected chi connectivity index (χ4v) is 2.46. The molecule has 6 heteroatoms. The topological polar surface area (TPSA) is 72.3 Å². The van der Waals surface area contributed by atoms with E-state index in [1.165, 1.54) is 0 Å². The summed E-state index contributed by atoms with van der Waals surface area (Å²) in [4.78, 5) is 6.76. The highest BCUT2D eigenvalue weighted by Crippen LogP contribution is 2.22. The number of aryl methyl sites for hydroxylation is 1. The molecule has 0 amide bonds. The van der Waals surface area contributed by atoms with Crippen LogP contribution >= 0.6 is 0 Å². The van der Waals surface area contributed by atoms with E-state index >= 15 is 0 Å². The number of anilines is 1. The smallest absolute Gasteiger partial charge is 0.203 e. The average Bonchev–Trinajstić information content (AvgIpc) is 2.81. The molecule has 0 fully saturated rings. The van der Waals surface area contributed by atoms with E-state index in [4.69, 9.17) is 5.73 Å². The lowest BCUT2D eigenvalue weighted by Gasteiger charge is -2.31. The summed E-state index contributed by atoms with van der Waals surface area (Å²) < 4.78 is 1.97. The number of fused-ring (bicyclic) bond motifs is 1. The second kappa shape index (κ2) is 5.97. The van der Waals surface area contributed by atoms with Crippen molar-refractivity contribution in [1.82, 2.24) is 19.6 Å². The van der Waals surface area contributed by atoms with Gasteiger partial charge in [-0.05, 0) is 19.8 Å². The van der Waals surface area contributed by atoms with Gasteiger partial charge < -0.3 is 10.6 Å². The Kier molecular flexibility index (Phi) is 4.31. The number of nitrogens with zero attached hydrogens (tertiary/aromatic N) is 5. The standard InChI is InChI=1S/C13H22N6/c1-4-11(5-2)19(8-6-14)12-13-17-16-10(3)18(13)9-7-15-12/h7,9,11H,4-6,8,14H2,1-3H3. The van der Waals surface area contributed by atoms with Gasteiger partial charge in [-0.3, -0.25) is 4.40 Å². The summed E-state index contributed by atoms with van der Waals surface area (Å²) in [6, 6.07) is 0.430. The molecule has 0 aliphatic heterocycles. The third-order valence-corrected chi connectivity index (χ3v) is 3.50. The molecule has 2 rings (SSSR count). The Morgan fingerprint density at radius 2 is 2.05 bits per heavy atom. The van der Waals surface area contributed by atoms with Crippen molar-refractivity contribution < 1.29 is 0 Å². The van der Waals surface area contributed by atoms with Crippen molar-refractivity contribution >= 4 is 11.5 Å². The Labute approximate surface area is 113 Å². The molecule has 0 unspecified atom stereocenters. The van der Waals surface area contributed by atoms with Crippen LogP contribution in [-0.2, 0) is 0 Å². The number of hydrogen-bond acceptors (Lipinski definition) is 5. The SMILES string of the molecule is CCC(CC)N(CCN)c1nccn2c(C)nnc12. The molecular weight excluding hydrogens is 240 g/mol. The van der Waals surface area contributed by atoms with Crippen molar-refractivity contribution in [2.45, 2.75) is 39.7 Å². The van der Waals surface area contributed by atoms with Gasteiger partial charge >= 0.3 is 0 Å².